The molecule has 1 N–H and O–H groups in total. The van der Waals surface area contributed by atoms with Crippen molar-refractivity contribution in [2.75, 3.05) is 20.2 Å². The van der Waals surface area contributed by atoms with Gasteiger partial charge in [0.2, 0.25) is 11.8 Å². The molecule has 2 aromatic rings. The van der Waals surface area contributed by atoms with E-state index in [2.05, 4.69) is 31.0 Å². The largest absolute Gasteiger partial charge is 0.463 e. The molecule has 1 aliphatic rings. The van der Waals surface area contributed by atoms with E-state index in [0.717, 1.165) is 31.4 Å². The minimum atomic E-state index is -0.844. The molecule has 2 aromatic carbocycles. The molecular weight excluding hydrogens is 578 g/mol. The van der Waals surface area contributed by atoms with Gasteiger partial charge in [-0.3, -0.25) is 19.3 Å². The van der Waals surface area contributed by atoms with E-state index in [4.69, 9.17) is 4.74 Å². The lowest BCUT2D eigenvalue weighted by Crippen LogP contribution is -2.58. The van der Waals surface area contributed by atoms with Crippen molar-refractivity contribution in [2.45, 2.75) is 98.3 Å². The van der Waals surface area contributed by atoms with E-state index in [-0.39, 0.29) is 48.6 Å². The lowest BCUT2D eigenvalue weighted by atomic mass is 9.94. The minimum Gasteiger partial charge on any atom is -0.463 e. The molecule has 1 aliphatic heterocycles. The summed E-state index contributed by atoms with van der Waals surface area (Å²) in [6, 6.07) is 15.0. The predicted molar refractivity (Wildman–Crippen MR) is 182 cm³/mol. The molecule has 0 saturated carbocycles. The molecule has 1 unspecified atom stereocenters. The zero-order valence-electron chi connectivity index (χ0n) is 28.9. The quantitative estimate of drug-likeness (QED) is 0.160. The fourth-order valence-electron chi connectivity index (χ4n) is 6.07. The van der Waals surface area contributed by atoms with Crippen LogP contribution in [0.2, 0.25) is 0 Å². The fraction of sp³-hybridized carbons (Fsp3) is 0.526. The number of ketones is 1. The number of piperidine rings is 1. The van der Waals surface area contributed by atoms with Crippen LogP contribution >= 0.6 is 0 Å². The molecule has 1 heterocycles. The molecule has 1 fully saturated rings. The molecule has 46 heavy (non-hydrogen) atoms. The maximum Gasteiger partial charge on any atom is 0.333 e. The number of ether oxygens (including phenoxy) is 1. The van der Waals surface area contributed by atoms with Gasteiger partial charge in [0.1, 0.15) is 6.04 Å². The summed E-state index contributed by atoms with van der Waals surface area (Å²) >= 11 is 0. The number of hydrogen-bond acceptors (Lipinski definition) is 6. The Bertz CT molecular complexity index is 1350. The van der Waals surface area contributed by atoms with Gasteiger partial charge in [0.15, 0.2) is 5.78 Å². The summed E-state index contributed by atoms with van der Waals surface area (Å²) in [6.07, 6.45) is 4.78. The number of likely N-dealkylation sites (N-methyl/N-ethyl adjacent to an activating group) is 1. The standard InChI is InChI=1S/C38H53N3O5/c1-9-46-38(45)27(6)23-34(26(4)5)40(8)37(44)32(39-36(43)33-17-13-14-22-41(33)28(7)25(2)3)24-29-18-20-31(21-19-29)35(42)30-15-11-10-12-16-30/h10-12,15-16,18-21,23,25-26,28,32-34H,9,13-14,17,22,24H2,1-8H3,(H,39,43)/t28?,32-,33+,34+/m0/s1. The molecule has 250 valence electrons. The summed E-state index contributed by atoms with van der Waals surface area (Å²) in [7, 11) is 1.72. The van der Waals surface area contributed by atoms with Crippen LogP contribution in [-0.2, 0) is 25.5 Å². The van der Waals surface area contributed by atoms with Crippen LogP contribution in [-0.4, -0.2) is 77.7 Å². The van der Waals surface area contributed by atoms with Gasteiger partial charge in [-0.15, -0.1) is 0 Å². The molecule has 8 nitrogen and oxygen atoms in total. The van der Waals surface area contributed by atoms with Crippen LogP contribution in [0.3, 0.4) is 0 Å². The van der Waals surface area contributed by atoms with E-state index in [1.54, 1.807) is 56.1 Å². The zero-order valence-corrected chi connectivity index (χ0v) is 28.9. The van der Waals surface area contributed by atoms with Crippen molar-refractivity contribution in [3.8, 4) is 0 Å². The lowest BCUT2D eigenvalue weighted by Gasteiger charge is -2.41. The maximum atomic E-state index is 14.3. The Balaban J connectivity index is 1.92. The molecule has 2 amide bonds. The summed E-state index contributed by atoms with van der Waals surface area (Å²) in [6.45, 7) is 15.0. The Morgan fingerprint density at radius 1 is 0.935 bits per heavy atom. The normalized spacial score (nSPS) is 17.7. The monoisotopic (exact) mass is 631 g/mol. The topological polar surface area (TPSA) is 96.0 Å². The maximum absolute atomic E-state index is 14.3. The Labute approximate surface area is 275 Å². The summed E-state index contributed by atoms with van der Waals surface area (Å²) in [4.78, 5) is 57.5. The van der Waals surface area contributed by atoms with E-state index in [1.807, 2.05) is 44.2 Å². The Hall–Kier alpha value is -3.78. The van der Waals surface area contributed by atoms with Gasteiger partial charge < -0.3 is 15.0 Å². The summed E-state index contributed by atoms with van der Waals surface area (Å²) in [5.74, 6) is -0.500. The zero-order chi connectivity index (χ0) is 34.0. The van der Waals surface area contributed by atoms with E-state index in [1.165, 1.54) is 0 Å². The highest BCUT2D eigenvalue weighted by atomic mass is 16.5. The van der Waals surface area contributed by atoms with Crippen LogP contribution in [0.1, 0.15) is 89.2 Å². The smallest absolute Gasteiger partial charge is 0.333 e. The molecular formula is C38H53N3O5. The number of nitrogens with zero attached hydrogens (tertiary/aromatic N) is 2. The van der Waals surface area contributed by atoms with Crippen molar-refractivity contribution in [3.63, 3.8) is 0 Å². The molecule has 4 atom stereocenters. The second kappa shape index (κ2) is 17.2. The number of rotatable bonds is 14. The third-order valence-electron chi connectivity index (χ3n) is 9.14. The first-order valence-corrected chi connectivity index (χ1v) is 16.7. The second-order valence-corrected chi connectivity index (χ2v) is 13.1. The third-order valence-corrected chi connectivity index (χ3v) is 9.14. The van der Waals surface area contributed by atoms with Gasteiger partial charge in [-0.2, -0.15) is 0 Å². The molecule has 3 rings (SSSR count). The van der Waals surface area contributed by atoms with Crippen LogP contribution in [0.15, 0.2) is 66.2 Å². The molecule has 0 radical (unpaired) electrons. The number of benzene rings is 2. The second-order valence-electron chi connectivity index (χ2n) is 13.1. The summed E-state index contributed by atoms with van der Waals surface area (Å²) < 4.78 is 5.18. The van der Waals surface area contributed by atoms with Crippen LogP contribution in [0.25, 0.3) is 0 Å². The predicted octanol–water partition coefficient (Wildman–Crippen LogP) is 5.84. The average molecular weight is 632 g/mol. The van der Waals surface area contributed by atoms with Gasteiger partial charge in [-0.25, -0.2) is 4.79 Å². The Morgan fingerprint density at radius 3 is 2.15 bits per heavy atom. The summed E-state index contributed by atoms with van der Waals surface area (Å²) in [5.41, 5.74) is 2.42. The number of amides is 2. The first-order valence-electron chi connectivity index (χ1n) is 16.7. The first kappa shape index (κ1) is 36.7. The van der Waals surface area contributed by atoms with E-state index in [9.17, 15) is 19.2 Å². The fourth-order valence-corrected chi connectivity index (χ4v) is 6.07. The van der Waals surface area contributed by atoms with Gasteiger partial charge in [-0.05, 0) is 57.6 Å². The van der Waals surface area contributed by atoms with Gasteiger partial charge in [-0.1, -0.05) is 94.8 Å². The number of carbonyl (C=O) groups is 4. The van der Waals surface area contributed by atoms with Crippen molar-refractivity contribution in [2.24, 2.45) is 11.8 Å². The van der Waals surface area contributed by atoms with Crippen molar-refractivity contribution in [1.82, 2.24) is 15.1 Å². The molecule has 8 heteroatoms. The van der Waals surface area contributed by atoms with Gasteiger partial charge in [0, 0.05) is 36.2 Å². The van der Waals surface area contributed by atoms with E-state index < -0.39 is 18.1 Å². The number of likely N-dealkylation sites (tertiary alicyclic amines) is 1. The number of esters is 1. The minimum absolute atomic E-state index is 0.00121. The van der Waals surface area contributed by atoms with Crippen molar-refractivity contribution in [1.29, 1.82) is 0 Å². The number of nitrogens with one attached hydrogen (secondary N) is 1. The van der Waals surface area contributed by atoms with Crippen LogP contribution in [0.4, 0.5) is 0 Å². The highest BCUT2D eigenvalue weighted by Gasteiger charge is 2.36. The van der Waals surface area contributed by atoms with Gasteiger partial charge >= 0.3 is 5.97 Å². The van der Waals surface area contributed by atoms with Crippen molar-refractivity contribution >= 4 is 23.6 Å². The van der Waals surface area contributed by atoms with Gasteiger partial charge in [0.25, 0.3) is 0 Å². The number of carbonyl (C=O) groups excluding carboxylic acids is 4. The summed E-state index contributed by atoms with van der Waals surface area (Å²) in [5, 5.41) is 3.14. The van der Waals surface area contributed by atoms with E-state index in [0.29, 0.717) is 22.6 Å². The van der Waals surface area contributed by atoms with Gasteiger partial charge in [0.05, 0.1) is 18.7 Å². The Morgan fingerprint density at radius 2 is 1.57 bits per heavy atom. The lowest BCUT2D eigenvalue weighted by molar-refractivity contribution is -0.139. The molecule has 0 aliphatic carbocycles. The average Bonchev–Trinajstić information content (AvgIpc) is 3.06. The van der Waals surface area contributed by atoms with Crippen LogP contribution < -0.4 is 5.32 Å². The molecule has 1 saturated heterocycles. The number of hydrogen-bond donors (Lipinski definition) is 1. The molecule has 0 aromatic heterocycles. The SMILES string of the molecule is CCOC(=O)C(C)=C[C@H](C(C)C)N(C)C(=O)[C@H](Cc1ccc(C(=O)c2ccccc2)cc1)NC(=O)[C@H]1CCCCN1C(C)C(C)C. The molecule has 0 bridgehead atoms. The Kier molecular flexibility index (Phi) is 13.7. The molecule has 0 spiro atoms. The van der Waals surface area contributed by atoms with Crippen molar-refractivity contribution in [3.05, 3.63) is 82.9 Å². The highest BCUT2D eigenvalue weighted by molar-refractivity contribution is 6.09. The van der Waals surface area contributed by atoms with Crippen molar-refractivity contribution < 1.29 is 23.9 Å². The third kappa shape index (κ3) is 9.61. The highest BCUT2D eigenvalue weighted by Crippen LogP contribution is 2.24. The van der Waals surface area contributed by atoms with Crippen LogP contribution in [0, 0.1) is 11.8 Å². The van der Waals surface area contributed by atoms with Crippen LogP contribution in [0.5, 0.6) is 0 Å². The van der Waals surface area contributed by atoms with E-state index >= 15 is 0 Å². The first-order chi connectivity index (χ1) is 21.8.